The number of hydrogen-bond donors (Lipinski definition) is 2. The molecule has 0 unspecified atom stereocenters. The molecule has 10 nitrogen and oxygen atoms in total. The second kappa shape index (κ2) is 7.12. The van der Waals surface area contributed by atoms with Crippen molar-refractivity contribution in [1.82, 2.24) is 10.2 Å². The van der Waals surface area contributed by atoms with Crippen LogP contribution in [-0.2, 0) is 16.1 Å². The van der Waals surface area contributed by atoms with Crippen LogP contribution in [0.5, 0.6) is 0 Å². The fourth-order valence-corrected chi connectivity index (χ4v) is 2.51. The lowest BCUT2D eigenvalue weighted by Crippen LogP contribution is -2.37. The van der Waals surface area contributed by atoms with E-state index in [4.69, 9.17) is 14.9 Å². The zero-order valence-electron chi connectivity index (χ0n) is 13.8. The molecule has 0 saturated heterocycles. The minimum atomic E-state index is -1.07. The number of esters is 1. The molecule has 0 spiro atoms. The normalized spacial score (nSPS) is 12.7. The summed E-state index contributed by atoms with van der Waals surface area (Å²) in [6.07, 6.45) is 1.43. The predicted molar refractivity (Wildman–Crippen MR) is 87.4 cm³/mol. The number of furan rings is 1. The van der Waals surface area contributed by atoms with Gasteiger partial charge in [0.15, 0.2) is 6.61 Å². The van der Waals surface area contributed by atoms with Crippen molar-refractivity contribution in [2.24, 2.45) is 5.73 Å². The van der Waals surface area contributed by atoms with Crippen molar-refractivity contribution in [3.8, 4) is 0 Å². The first-order chi connectivity index (χ1) is 12.9. The number of ether oxygens (including phenoxy) is 1. The van der Waals surface area contributed by atoms with Gasteiger partial charge in [0, 0.05) is 0 Å². The van der Waals surface area contributed by atoms with Crippen molar-refractivity contribution >= 4 is 29.7 Å². The topological polar surface area (TPSA) is 149 Å². The van der Waals surface area contributed by atoms with E-state index in [0.29, 0.717) is 5.76 Å². The molecule has 27 heavy (non-hydrogen) atoms. The van der Waals surface area contributed by atoms with Gasteiger partial charge in [-0.25, -0.2) is 9.59 Å². The van der Waals surface area contributed by atoms with Crippen LogP contribution >= 0.6 is 0 Å². The van der Waals surface area contributed by atoms with Crippen molar-refractivity contribution in [3.05, 3.63) is 59.0 Å². The number of primary amides is 1. The first kappa shape index (κ1) is 17.9. The van der Waals surface area contributed by atoms with Crippen LogP contribution in [0, 0.1) is 0 Å². The number of nitrogens with one attached hydrogen (secondary N) is 1. The zero-order chi connectivity index (χ0) is 19.6. The van der Waals surface area contributed by atoms with E-state index < -0.39 is 36.3 Å². The predicted octanol–water partition coefficient (Wildman–Crippen LogP) is 0.427. The van der Waals surface area contributed by atoms with Gasteiger partial charge in [0.2, 0.25) is 0 Å². The van der Waals surface area contributed by atoms with E-state index in [2.05, 4.69) is 0 Å². The highest BCUT2D eigenvalue weighted by molar-refractivity contribution is 6.21. The number of nitrogens with two attached hydrogens (primary N) is 1. The van der Waals surface area contributed by atoms with Crippen LogP contribution in [0.2, 0.25) is 0 Å². The van der Waals surface area contributed by atoms with E-state index in [1.165, 1.54) is 24.5 Å². The number of benzene rings is 1. The lowest BCUT2D eigenvalue weighted by Gasteiger charge is -2.11. The van der Waals surface area contributed by atoms with Gasteiger partial charge >= 0.3 is 12.0 Å². The second-order valence-corrected chi connectivity index (χ2v) is 5.52. The van der Waals surface area contributed by atoms with Crippen molar-refractivity contribution in [1.29, 1.82) is 0 Å². The highest BCUT2D eigenvalue weighted by atomic mass is 16.5. The van der Waals surface area contributed by atoms with Crippen molar-refractivity contribution in [2.75, 3.05) is 6.61 Å². The van der Waals surface area contributed by atoms with Gasteiger partial charge in [-0.3, -0.25) is 24.6 Å². The summed E-state index contributed by atoms with van der Waals surface area (Å²) in [4.78, 5) is 59.7. The second-order valence-electron chi connectivity index (χ2n) is 5.52. The van der Waals surface area contributed by atoms with Crippen molar-refractivity contribution in [3.63, 3.8) is 0 Å². The minimum absolute atomic E-state index is 0.0263. The van der Waals surface area contributed by atoms with Gasteiger partial charge in [0.1, 0.15) is 5.76 Å². The molecule has 0 aliphatic carbocycles. The number of fused-ring (bicyclic) bond motifs is 1. The number of amides is 5. The van der Waals surface area contributed by atoms with E-state index in [1.54, 1.807) is 17.4 Å². The molecule has 0 atom stereocenters. The van der Waals surface area contributed by atoms with Crippen LogP contribution in [0.1, 0.15) is 36.8 Å². The Morgan fingerprint density at radius 1 is 1.11 bits per heavy atom. The van der Waals surface area contributed by atoms with Crippen LogP contribution < -0.4 is 11.1 Å². The van der Waals surface area contributed by atoms with Crippen LogP contribution in [0.3, 0.4) is 0 Å². The first-order valence-electron chi connectivity index (χ1n) is 7.66. The van der Waals surface area contributed by atoms with Gasteiger partial charge in [-0.05, 0) is 30.3 Å². The maximum Gasteiger partial charge on any atom is 0.338 e. The summed E-state index contributed by atoms with van der Waals surface area (Å²) in [7, 11) is 0. The maximum absolute atomic E-state index is 12.5. The summed E-state index contributed by atoms with van der Waals surface area (Å²) < 4.78 is 9.88. The molecule has 3 N–H and O–H groups in total. The summed E-state index contributed by atoms with van der Waals surface area (Å²) in [5, 5.41) is 1.74. The standard InChI is InChI=1S/C17H13N3O7/c18-17(25)19-13(21)8-27-16(24)9-3-4-11-12(6-9)15(23)20(14(11)22)7-10-2-1-5-26-10/h1-6H,7-8H2,(H3,18,19,21,25). The SMILES string of the molecule is NC(=O)NC(=O)COC(=O)c1ccc2c(c1)C(=O)N(Cc1ccco1)C2=O. The molecule has 10 heteroatoms. The van der Waals surface area contributed by atoms with Crippen LogP contribution in [0.15, 0.2) is 41.0 Å². The number of imide groups is 2. The average molecular weight is 371 g/mol. The van der Waals surface area contributed by atoms with Gasteiger partial charge in [0.05, 0.1) is 29.5 Å². The summed E-state index contributed by atoms with van der Waals surface area (Å²) in [5.74, 6) is -2.45. The Labute approximate surface area is 151 Å². The number of carbonyl (C=O) groups excluding carboxylic acids is 5. The molecule has 0 bridgehead atoms. The molecular weight excluding hydrogens is 358 g/mol. The summed E-state index contributed by atoms with van der Waals surface area (Å²) in [6, 6.07) is 6.03. The summed E-state index contributed by atoms with van der Waals surface area (Å²) in [5.41, 5.74) is 4.94. The lowest BCUT2D eigenvalue weighted by molar-refractivity contribution is -0.123. The third-order valence-electron chi connectivity index (χ3n) is 3.70. The molecule has 138 valence electrons. The Hall–Kier alpha value is -3.95. The van der Waals surface area contributed by atoms with E-state index in [0.717, 1.165) is 4.90 Å². The Balaban J connectivity index is 1.72. The molecule has 2 aromatic rings. The Kier molecular flexibility index (Phi) is 4.71. The Morgan fingerprint density at radius 3 is 2.52 bits per heavy atom. The minimum Gasteiger partial charge on any atom is -0.467 e. The number of rotatable bonds is 5. The highest BCUT2D eigenvalue weighted by Gasteiger charge is 2.36. The number of carbonyl (C=O) groups is 5. The molecule has 1 aromatic carbocycles. The monoisotopic (exact) mass is 371 g/mol. The summed E-state index contributed by atoms with van der Waals surface area (Å²) in [6.45, 7) is -0.761. The van der Waals surface area contributed by atoms with Gasteiger partial charge in [-0.1, -0.05) is 0 Å². The Bertz CT molecular complexity index is 949. The first-order valence-corrected chi connectivity index (χ1v) is 7.66. The van der Waals surface area contributed by atoms with Gasteiger partial charge in [-0.2, -0.15) is 0 Å². The number of nitrogens with zero attached hydrogens (tertiary/aromatic N) is 1. The van der Waals surface area contributed by atoms with E-state index in [9.17, 15) is 24.0 Å². The van der Waals surface area contributed by atoms with Crippen LogP contribution in [-0.4, -0.2) is 41.2 Å². The van der Waals surface area contributed by atoms with Gasteiger partial charge in [0.25, 0.3) is 17.7 Å². The average Bonchev–Trinajstić information content (AvgIpc) is 3.22. The van der Waals surface area contributed by atoms with Crippen LogP contribution in [0.4, 0.5) is 4.79 Å². The zero-order valence-corrected chi connectivity index (χ0v) is 13.8. The van der Waals surface area contributed by atoms with E-state index in [-0.39, 0.29) is 23.2 Å². The van der Waals surface area contributed by atoms with E-state index >= 15 is 0 Å². The molecule has 5 amide bonds. The Morgan fingerprint density at radius 2 is 1.85 bits per heavy atom. The van der Waals surface area contributed by atoms with E-state index in [1.807, 2.05) is 0 Å². The fourth-order valence-electron chi connectivity index (χ4n) is 2.51. The molecule has 0 saturated carbocycles. The molecular formula is C17H13N3O7. The summed E-state index contributed by atoms with van der Waals surface area (Å²) >= 11 is 0. The largest absolute Gasteiger partial charge is 0.467 e. The smallest absolute Gasteiger partial charge is 0.338 e. The van der Waals surface area contributed by atoms with Gasteiger partial charge < -0.3 is 14.9 Å². The maximum atomic E-state index is 12.5. The van der Waals surface area contributed by atoms with Crippen molar-refractivity contribution < 1.29 is 33.1 Å². The molecule has 2 heterocycles. The molecule has 1 aliphatic heterocycles. The van der Waals surface area contributed by atoms with Gasteiger partial charge in [-0.15, -0.1) is 0 Å². The number of urea groups is 1. The fraction of sp³-hybridized carbons (Fsp3) is 0.118. The third-order valence-corrected chi connectivity index (χ3v) is 3.70. The highest BCUT2D eigenvalue weighted by Crippen LogP contribution is 2.26. The molecule has 0 fully saturated rings. The molecule has 0 radical (unpaired) electrons. The van der Waals surface area contributed by atoms with Crippen LogP contribution in [0.25, 0.3) is 0 Å². The molecule has 1 aliphatic rings. The quantitative estimate of drug-likeness (QED) is 0.571. The number of hydrogen-bond acceptors (Lipinski definition) is 7. The molecule has 1 aromatic heterocycles. The molecule has 3 rings (SSSR count). The third kappa shape index (κ3) is 3.68. The van der Waals surface area contributed by atoms with Crippen molar-refractivity contribution in [2.45, 2.75) is 6.54 Å². The lowest BCUT2D eigenvalue weighted by atomic mass is 10.1.